The van der Waals surface area contributed by atoms with Crippen LogP contribution < -0.4 is 0 Å². The second kappa shape index (κ2) is 16.0. The largest absolute Gasteiger partial charge is 0.458 e. The number of ketones is 1. The van der Waals surface area contributed by atoms with Crippen molar-refractivity contribution in [2.24, 2.45) is 0 Å². The molecule has 0 fully saturated rings. The summed E-state index contributed by atoms with van der Waals surface area (Å²) in [7, 11) is 0. The number of rotatable bonds is 16. The minimum Gasteiger partial charge on any atom is -0.293 e. The molecule has 9 atom stereocenters. The number of carbonyl (C=O) groups is 1. The van der Waals surface area contributed by atoms with Gasteiger partial charge in [0.1, 0.15) is 12.3 Å². The van der Waals surface area contributed by atoms with Crippen LogP contribution in [0.4, 0.5) is 92.2 Å². The molecule has 0 spiro atoms. The Morgan fingerprint density at radius 2 is 1.00 bits per heavy atom. The molecule has 0 rings (SSSR count). The van der Waals surface area contributed by atoms with Gasteiger partial charge in [-0.3, -0.25) is 14.3 Å². The molecule has 0 aromatic carbocycles. The molecule has 0 aromatic rings. The summed E-state index contributed by atoms with van der Waals surface area (Å²) in [5.41, 5.74) is 0. The van der Waals surface area contributed by atoms with Crippen molar-refractivity contribution in [3.05, 3.63) is 0 Å². The highest BCUT2D eigenvalue weighted by Gasteiger charge is 2.82. The quantitative estimate of drug-likeness (QED) is 0.148. The molecule has 0 radical (unpaired) electrons. The smallest absolute Gasteiger partial charge is 0.293 e. The lowest BCUT2D eigenvalue weighted by Crippen LogP contribution is -2.66. The lowest BCUT2D eigenvalue weighted by atomic mass is 9.98. The number of Topliss-reactive ketones (excluding diaryl/α,β-unsaturated/α-hetero) is 1. The van der Waals surface area contributed by atoms with Gasteiger partial charge in [0.25, 0.3) is 0 Å². The van der Waals surface area contributed by atoms with Gasteiger partial charge in [0.2, 0.25) is 5.78 Å². The van der Waals surface area contributed by atoms with E-state index in [4.69, 9.17) is 0 Å². The molecule has 0 heterocycles. The molecule has 0 saturated carbocycles. The molecule has 9 unspecified atom stereocenters. The molecule has 0 aliphatic carbocycles. The average molecular weight is 736 g/mol. The van der Waals surface area contributed by atoms with Crippen LogP contribution >= 0.6 is 0 Å². The maximum absolute atomic E-state index is 13.6. The van der Waals surface area contributed by atoms with Crippen LogP contribution in [0.15, 0.2) is 0 Å². The van der Waals surface area contributed by atoms with Gasteiger partial charge < -0.3 is 0 Å². The zero-order valence-electron chi connectivity index (χ0n) is 23.3. The average Bonchev–Trinajstić information content (AvgIpc) is 2.86. The van der Waals surface area contributed by atoms with Crippen molar-refractivity contribution < 1.29 is 106 Å². The fraction of sp³-hybridized carbons (Fsp3) is 0.955. The van der Waals surface area contributed by atoms with Gasteiger partial charge in [-0.2, -0.15) is 61.5 Å². The van der Waals surface area contributed by atoms with Gasteiger partial charge in [-0.15, -0.1) is 0 Å². The summed E-state index contributed by atoms with van der Waals surface area (Å²) in [6.07, 6.45) is -48.0. The predicted octanol–water partition coefficient (Wildman–Crippen LogP) is 9.47. The normalized spacial score (nSPS) is 21.0. The van der Waals surface area contributed by atoms with Crippen molar-refractivity contribution in [2.75, 3.05) is 0 Å². The van der Waals surface area contributed by atoms with Crippen molar-refractivity contribution in [3.63, 3.8) is 0 Å². The van der Waals surface area contributed by atoms with Crippen LogP contribution in [-0.4, -0.2) is 91.2 Å². The van der Waals surface area contributed by atoms with E-state index in [1.807, 2.05) is 4.74 Å². The summed E-state index contributed by atoms with van der Waals surface area (Å²) < 4.78 is 273. The SMILES string of the molecule is CC(=O)C(F)(OC(F)(F)C(F)(OC(F)(F)C(C)(F)F)C(F)(F)F)C(F)(F)F.CCCCC(F)C(F)C(F)C(F)C(F)C(F)C(C)F. The highest BCUT2D eigenvalue weighted by molar-refractivity contribution is 5.84. The van der Waals surface area contributed by atoms with Gasteiger partial charge in [0.15, 0.2) is 30.9 Å². The monoisotopic (exact) mass is 736 g/mol. The first-order chi connectivity index (χ1) is 20.1. The molecule has 0 N–H and O–H groups in total. The highest BCUT2D eigenvalue weighted by Crippen LogP contribution is 2.54. The maximum atomic E-state index is 13.6. The fourth-order valence-corrected chi connectivity index (χ4v) is 2.66. The van der Waals surface area contributed by atoms with E-state index in [9.17, 15) is 97.0 Å². The Hall–Kier alpha value is -1.88. The van der Waals surface area contributed by atoms with Crippen LogP contribution in [0.1, 0.15) is 47.0 Å². The Labute approximate surface area is 245 Å². The topological polar surface area (TPSA) is 35.5 Å². The number of carbonyl (C=O) groups excluding carboxylic acids is 1. The van der Waals surface area contributed by atoms with E-state index < -0.39 is 105 Å². The number of halogens is 21. The lowest BCUT2D eigenvalue weighted by Gasteiger charge is -2.39. The Balaban J connectivity index is 0. The predicted molar refractivity (Wildman–Crippen MR) is 113 cm³/mol. The van der Waals surface area contributed by atoms with E-state index in [0.717, 1.165) is 0 Å². The number of hydrogen-bond donors (Lipinski definition) is 0. The lowest BCUT2D eigenvalue weighted by molar-refractivity contribution is -0.536. The summed E-state index contributed by atoms with van der Waals surface area (Å²) in [6.45, 7) is 0.919. The van der Waals surface area contributed by atoms with Gasteiger partial charge in [-0.05, 0) is 13.3 Å². The summed E-state index contributed by atoms with van der Waals surface area (Å²) in [5, 5.41) is 0. The summed E-state index contributed by atoms with van der Waals surface area (Å²) >= 11 is 0. The molecule has 0 aliphatic rings. The molecule has 3 nitrogen and oxygen atoms in total. The number of ether oxygens (including phenoxy) is 2. The maximum Gasteiger partial charge on any atom is 0.458 e. The van der Waals surface area contributed by atoms with Gasteiger partial charge in [0, 0.05) is 13.8 Å². The molecule has 0 aliphatic heterocycles. The Bertz CT molecular complexity index is 935. The summed E-state index contributed by atoms with van der Waals surface area (Å²) in [6, 6.07) is 0. The van der Waals surface area contributed by atoms with Gasteiger partial charge in [-0.1, -0.05) is 19.8 Å². The first kappa shape index (κ1) is 46.2. The molecule has 0 amide bonds. The second-order valence-electron chi connectivity index (χ2n) is 9.43. The Kier molecular flexibility index (Phi) is 16.1. The molecule has 278 valence electrons. The van der Waals surface area contributed by atoms with E-state index >= 15 is 0 Å². The van der Waals surface area contributed by atoms with E-state index in [1.54, 1.807) is 11.7 Å². The molecule has 0 saturated heterocycles. The Morgan fingerprint density at radius 3 is 1.30 bits per heavy atom. The van der Waals surface area contributed by atoms with Crippen molar-refractivity contribution in [1.82, 2.24) is 0 Å². The van der Waals surface area contributed by atoms with Crippen LogP contribution in [0, 0.1) is 0 Å². The molecule has 24 heteroatoms. The van der Waals surface area contributed by atoms with Crippen LogP contribution in [0.5, 0.6) is 0 Å². The van der Waals surface area contributed by atoms with Crippen molar-refractivity contribution >= 4 is 5.78 Å². The number of hydrogen-bond acceptors (Lipinski definition) is 3. The van der Waals surface area contributed by atoms with Crippen LogP contribution in [0.3, 0.4) is 0 Å². The molecule has 46 heavy (non-hydrogen) atoms. The van der Waals surface area contributed by atoms with E-state index in [1.165, 1.54) is 0 Å². The fourth-order valence-electron chi connectivity index (χ4n) is 2.66. The third kappa shape index (κ3) is 11.1. The van der Waals surface area contributed by atoms with Crippen LogP contribution in [0.2, 0.25) is 0 Å². The Morgan fingerprint density at radius 1 is 0.609 bits per heavy atom. The second-order valence-corrected chi connectivity index (χ2v) is 9.43. The van der Waals surface area contributed by atoms with Crippen LogP contribution in [-0.2, 0) is 14.3 Å². The van der Waals surface area contributed by atoms with Gasteiger partial charge >= 0.3 is 42.2 Å². The zero-order chi connectivity index (χ0) is 37.7. The molecular formula is C22H25F21O3. The summed E-state index contributed by atoms with van der Waals surface area (Å²) in [5.74, 6) is -22.7. The summed E-state index contributed by atoms with van der Waals surface area (Å²) in [4.78, 5) is 10.5. The molecule has 0 bridgehead atoms. The van der Waals surface area contributed by atoms with Gasteiger partial charge in [0.05, 0.1) is 0 Å². The van der Waals surface area contributed by atoms with E-state index in [0.29, 0.717) is 13.3 Å². The third-order valence-electron chi connectivity index (χ3n) is 5.44. The standard InChI is InChI=1S/C12H19F7.C10H6F14O3/c1-3-4-5-7(14)9(16)11(18)12(19)10(17)8(15)6(2)13;1-3(25)5(13,7(15,16)17)26-10(23,24)6(14,8(18,19)20)27-9(21,22)4(2,11)12/h6-12H,3-5H2,1-2H3;1-2H3. The molecule has 0 aromatic heterocycles. The number of alkyl halides is 21. The third-order valence-corrected chi connectivity index (χ3v) is 5.44. The van der Waals surface area contributed by atoms with E-state index in [2.05, 4.69) is 0 Å². The van der Waals surface area contributed by atoms with Crippen molar-refractivity contribution in [3.8, 4) is 0 Å². The zero-order valence-corrected chi connectivity index (χ0v) is 23.3. The first-order valence-corrected chi connectivity index (χ1v) is 12.1. The van der Waals surface area contributed by atoms with E-state index in [-0.39, 0.29) is 12.8 Å². The van der Waals surface area contributed by atoms with Crippen LogP contribution in [0.25, 0.3) is 0 Å². The first-order valence-electron chi connectivity index (χ1n) is 12.1. The highest BCUT2D eigenvalue weighted by atomic mass is 19.4. The van der Waals surface area contributed by atoms with Gasteiger partial charge in [-0.25, -0.2) is 30.7 Å². The number of unbranched alkanes of at least 4 members (excludes halogenated alkanes) is 1. The van der Waals surface area contributed by atoms with Crippen molar-refractivity contribution in [1.29, 1.82) is 0 Å². The minimum absolute atomic E-state index is 0.261. The minimum atomic E-state index is -7.48. The molecular weight excluding hydrogens is 711 g/mol. The van der Waals surface area contributed by atoms with Crippen molar-refractivity contribution in [2.45, 2.75) is 132 Å².